The van der Waals surface area contributed by atoms with Crippen molar-refractivity contribution in [1.82, 2.24) is 9.88 Å². The fourth-order valence-electron chi connectivity index (χ4n) is 6.44. The Hall–Kier alpha value is -2.01. The summed E-state index contributed by atoms with van der Waals surface area (Å²) in [4.78, 5) is 18.8. The molecule has 0 radical (unpaired) electrons. The van der Waals surface area contributed by atoms with Crippen molar-refractivity contribution in [2.45, 2.75) is 76.0 Å². The van der Waals surface area contributed by atoms with E-state index in [1.165, 1.54) is 0 Å². The van der Waals surface area contributed by atoms with Crippen LogP contribution in [0, 0.1) is 12.8 Å². The maximum absolute atomic E-state index is 13.3. The summed E-state index contributed by atoms with van der Waals surface area (Å²) in [5, 5.41) is 11.9. The zero-order valence-corrected chi connectivity index (χ0v) is 17.0. The van der Waals surface area contributed by atoms with Gasteiger partial charge in [-0.05, 0) is 68.1 Å². The van der Waals surface area contributed by atoms with Gasteiger partial charge in [-0.15, -0.1) is 0 Å². The molecule has 3 atom stereocenters. The number of aryl methyl sites for hydroxylation is 1. The van der Waals surface area contributed by atoms with Gasteiger partial charge < -0.3 is 19.7 Å². The number of fused-ring (bicyclic) bond motifs is 1. The third-order valence-corrected chi connectivity index (χ3v) is 7.43. The highest BCUT2D eigenvalue weighted by atomic mass is 16.5. The molecule has 3 unspecified atom stereocenters. The molecule has 2 aliphatic heterocycles. The summed E-state index contributed by atoms with van der Waals surface area (Å²) < 4.78 is 5.67. The molecule has 1 aromatic carbocycles. The van der Waals surface area contributed by atoms with E-state index in [1.54, 1.807) is 7.11 Å². The Morgan fingerprint density at radius 1 is 1.32 bits per heavy atom. The van der Waals surface area contributed by atoms with E-state index in [4.69, 9.17) is 4.74 Å². The molecule has 4 aliphatic rings. The minimum absolute atomic E-state index is 0.109. The first-order chi connectivity index (χ1) is 13.4. The Kier molecular flexibility index (Phi) is 4.02. The number of aromatic nitrogens is 1. The van der Waals surface area contributed by atoms with E-state index in [1.807, 2.05) is 6.20 Å². The van der Waals surface area contributed by atoms with Crippen LogP contribution in [0.4, 0.5) is 0 Å². The van der Waals surface area contributed by atoms with Crippen LogP contribution in [0.2, 0.25) is 0 Å². The van der Waals surface area contributed by atoms with E-state index in [-0.39, 0.29) is 23.9 Å². The van der Waals surface area contributed by atoms with Crippen LogP contribution in [-0.2, 0) is 4.79 Å². The van der Waals surface area contributed by atoms with Crippen molar-refractivity contribution in [3.05, 3.63) is 29.5 Å². The van der Waals surface area contributed by atoms with Gasteiger partial charge in [-0.1, -0.05) is 13.0 Å². The molecule has 5 nitrogen and oxygen atoms in total. The molecule has 2 saturated heterocycles. The lowest BCUT2D eigenvalue weighted by Crippen LogP contribution is -2.65. The number of nitrogens with one attached hydrogen (secondary N) is 1. The molecular weight excluding hydrogens is 352 g/mol. The number of hydrogen-bond donors (Lipinski definition) is 2. The molecule has 4 bridgehead atoms. The number of H-pyrrole nitrogens is 1. The van der Waals surface area contributed by atoms with Gasteiger partial charge in [0.1, 0.15) is 5.75 Å². The quantitative estimate of drug-likeness (QED) is 0.843. The van der Waals surface area contributed by atoms with E-state index in [0.717, 1.165) is 59.9 Å². The zero-order chi connectivity index (χ0) is 19.6. The maximum Gasteiger partial charge on any atom is 0.223 e. The van der Waals surface area contributed by atoms with Crippen molar-refractivity contribution in [2.75, 3.05) is 7.11 Å². The molecule has 2 N–H and O–H groups in total. The second-order valence-corrected chi connectivity index (χ2v) is 9.47. The van der Waals surface area contributed by atoms with Crippen LogP contribution in [0.15, 0.2) is 18.3 Å². The fourth-order valence-corrected chi connectivity index (χ4v) is 6.44. The summed E-state index contributed by atoms with van der Waals surface area (Å²) in [7, 11) is 1.71. The molecule has 4 fully saturated rings. The van der Waals surface area contributed by atoms with Crippen molar-refractivity contribution in [3.63, 3.8) is 0 Å². The normalized spacial score (nSPS) is 32.1. The highest BCUT2D eigenvalue weighted by molar-refractivity contribution is 5.91. The van der Waals surface area contributed by atoms with Gasteiger partial charge in [0.25, 0.3) is 0 Å². The van der Waals surface area contributed by atoms with E-state index in [2.05, 4.69) is 35.9 Å². The van der Waals surface area contributed by atoms with Crippen molar-refractivity contribution < 1.29 is 14.6 Å². The number of benzene rings is 1. The van der Waals surface area contributed by atoms with Crippen molar-refractivity contribution in [3.8, 4) is 5.75 Å². The zero-order valence-electron chi connectivity index (χ0n) is 17.0. The number of aromatic amines is 1. The summed E-state index contributed by atoms with van der Waals surface area (Å²) in [5.41, 5.74) is 2.79. The molecule has 1 aromatic heterocycles. The van der Waals surface area contributed by atoms with Crippen molar-refractivity contribution in [2.24, 2.45) is 5.92 Å². The van der Waals surface area contributed by atoms with Crippen molar-refractivity contribution in [1.29, 1.82) is 0 Å². The minimum Gasteiger partial charge on any atom is -0.496 e. The fraction of sp³-hybridized carbons (Fsp3) is 0.609. The smallest absolute Gasteiger partial charge is 0.223 e. The van der Waals surface area contributed by atoms with Gasteiger partial charge in [0.2, 0.25) is 5.91 Å². The van der Waals surface area contributed by atoms with Gasteiger partial charge in [-0.2, -0.15) is 0 Å². The number of ether oxygens (including phenoxy) is 1. The Balaban J connectivity index is 1.39. The molecule has 0 spiro atoms. The Bertz CT molecular complexity index is 917. The third-order valence-electron chi connectivity index (χ3n) is 7.43. The number of methoxy groups -OCH3 is 1. The predicted octanol–water partition coefficient (Wildman–Crippen LogP) is 3.88. The summed E-state index contributed by atoms with van der Waals surface area (Å²) in [6.07, 6.45) is 7.13. The van der Waals surface area contributed by atoms with Gasteiger partial charge in [0.05, 0.1) is 12.7 Å². The van der Waals surface area contributed by atoms with Crippen LogP contribution in [0.1, 0.15) is 62.5 Å². The summed E-state index contributed by atoms with van der Waals surface area (Å²) in [6.45, 7) is 4.18. The number of rotatable bonds is 4. The van der Waals surface area contributed by atoms with Crippen molar-refractivity contribution >= 4 is 16.8 Å². The van der Waals surface area contributed by atoms with Gasteiger partial charge in [0.15, 0.2) is 0 Å². The number of aliphatic hydroxyl groups is 1. The summed E-state index contributed by atoms with van der Waals surface area (Å²) in [5.74, 6) is 1.85. The van der Waals surface area contributed by atoms with E-state index in [0.29, 0.717) is 12.3 Å². The first-order valence-electron chi connectivity index (χ1n) is 10.6. The Morgan fingerprint density at radius 3 is 2.68 bits per heavy atom. The molecule has 2 aliphatic carbocycles. The highest BCUT2D eigenvalue weighted by Gasteiger charge is 2.54. The van der Waals surface area contributed by atoms with Crippen LogP contribution >= 0.6 is 0 Å². The predicted molar refractivity (Wildman–Crippen MR) is 109 cm³/mol. The monoisotopic (exact) mass is 382 g/mol. The summed E-state index contributed by atoms with van der Waals surface area (Å²) in [6, 6.07) is 4.60. The molecule has 6 rings (SSSR count). The molecule has 28 heavy (non-hydrogen) atoms. The van der Waals surface area contributed by atoms with Crippen LogP contribution in [0.3, 0.4) is 0 Å². The van der Waals surface area contributed by atoms with Crippen LogP contribution in [0.25, 0.3) is 10.9 Å². The molecule has 2 saturated carbocycles. The van der Waals surface area contributed by atoms with Gasteiger partial charge in [0, 0.05) is 35.6 Å². The third kappa shape index (κ3) is 2.66. The molecule has 150 valence electrons. The number of hydrogen-bond acceptors (Lipinski definition) is 3. The average Bonchev–Trinajstić information content (AvgIpc) is 3.04. The SMILES string of the molecule is COc1c(C)ccc2[nH]cc(C(C)CC(=O)N3C4CC5CC3CC(O)(C5)C4)c12. The largest absolute Gasteiger partial charge is 0.496 e. The lowest BCUT2D eigenvalue weighted by molar-refractivity contribution is -0.174. The molecule has 3 heterocycles. The van der Waals surface area contributed by atoms with E-state index in [9.17, 15) is 9.90 Å². The average molecular weight is 383 g/mol. The molecule has 5 heteroatoms. The maximum atomic E-state index is 13.3. The second-order valence-electron chi connectivity index (χ2n) is 9.47. The van der Waals surface area contributed by atoms with Crippen LogP contribution in [-0.4, -0.2) is 45.7 Å². The Labute approximate surface area is 166 Å². The number of amides is 1. The lowest BCUT2D eigenvalue weighted by Gasteiger charge is -2.59. The lowest BCUT2D eigenvalue weighted by atomic mass is 9.61. The van der Waals surface area contributed by atoms with Crippen LogP contribution in [0.5, 0.6) is 5.75 Å². The van der Waals surface area contributed by atoms with E-state index >= 15 is 0 Å². The Morgan fingerprint density at radius 2 is 2.04 bits per heavy atom. The number of nitrogens with zero attached hydrogens (tertiary/aromatic N) is 1. The molecular formula is C23H30N2O3. The van der Waals surface area contributed by atoms with Gasteiger partial charge in [-0.25, -0.2) is 0 Å². The minimum atomic E-state index is -0.513. The number of piperidine rings is 2. The van der Waals surface area contributed by atoms with Gasteiger partial charge in [-0.3, -0.25) is 4.79 Å². The number of carbonyl (C=O) groups is 1. The van der Waals surface area contributed by atoms with Crippen LogP contribution < -0.4 is 4.74 Å². The van der Waals surface area contributed by atoms with E-state index < -0.39 is 5.60 Å². The molecule has 1 amide bonds. The second kappa shape index (κ2) is 6.24. The molecule has 2 aromatic rings. The first-order valence-corrected chi connectivity index (χ1v) is 10.6. The topological polar surface area (TPSA) is 65.6 Å². The number of carbonyl (C=O) groups excluding carboxylic acids is 1. The summed E-state index contributed by atoms with van der Waals surface area (Å²) >= 11 is 0. The standard InChI is InChI=1S/C23H30N2O3/c1-13-4-5-19-21(22(13)28-3)18(12-24-19)14(2)6-20(26)25-16-7-15-8-17(25)11-23(27,9-15)10-16/h4-5,12,14-17,24,27H,6-11H2,1-3H3. The highest BCUT2D eigenvalue weighted by Crippen LogP contribution is 2.51. The van der Waals surface area contributed by atoms with Gasteiger partial charge >= 0.3 is 0 Å². The first kappa shape index (κ1) is 18.0.